The Bertz CT molecular complexity index is 617. The summed E-state index contributed by atoms with van der Waals surface area (Å²) in [4.78, 5) is 12.2. The summed E-state index contributed by atoms with van der Waals surface area (Å²) in [6, 6.07) is 6.17. The first-order valence-electron chi connectivity index (χ1n) is 7.41. The lowest BCUT2D eigenvalue weighted by Crippen LogP contribution is -2.54. The van der Waals surface area contributed by atoms with Gasteiger partial charge in [-0.05, 0) is 31.2 Å². The van der Waals surface area contributed by atoms with E-state index < -0.39 is 29.3 Å². The van der Waals surface area contributed by atoms with E-state index in [0.717, 1.165) is 24.3 Å². The molecule has 1 amide bonds. The molecule has 5 nitrogen and oxygen atoms in total. The molecule has 0 bridgehead atoms. The summed E-state index contributed by atoms with van der Waals surface area (Å²) >= 11 is 0. The maximum absolute atomic E-state index is 12.5. The molecule has 8 heteroatoms. The number of halogens is 3. The molecule has 1 atom stereocenters. The summed E-state index contributed by atoms with van der Waals surface area (Å²) in [6.45, 7) is 2.22. The van der Waals surface area contributed by atoms with Crippen molar-refractivity contribution in [3.63, 3.8) is 0 Å². The zero-order valence-electron chi connectivity index (χ0n) is 13.0. The molecule has 24 heavy (non-hydrogen) atoms. The average molecular weight is 342 g/mol. The highest BCUT2D eigenvalue weighted by molar-refractivity contribution is 5.82. The minimum atomic E-state index is -4.43. The predicted molar refractivity (Wildman–Crippen MR) is 78.1 cm³/mol. The van der Waals surface area contributed by atoms with Gasteiger partial charge in [0.1, 0.15) is 11.3 Å². The first kappa shape index (κ1) is 18.1. The molecule has 130 valence electrons. The molecule has 1 heterocycles. The molecule has 1 N–H and O–H groups in total. The van der Waals surface area contributed by atoms with Crippen molar-refractivity contribution in [2.45, 2.75) is 37.6 Å². The highest BCUT2D eigenvalue weighted by Crippen LogP contribution is 2.30. The van der Waals surface area contributed by atoms with Crippen LogP contribution >= 0.6 is 0 Å². The smallest absolute Gasteiger partial charge is 0.416 e. The molecule has 1 aromatic rings. The van der Waals surface area contributed by atoms with Crippen molar-refractivity contribution >= 4 is 5.91 Å². The minimum absolute atomic E-state index is 0.142. The quantitative estimate of drug-likeness (QED) is 0.913. The fraction of sp³-hybridized carbons (Fsp3) is 0.500. The lowest BCUT2D eigenvalue weighted by Gasteiger charge is -2.32. The van der Waals surface area contributed by atoms with Gasteiger partial charge in [0.05, 0.1) is 11.6 Å². The van der Waals surface area contributed by atoms with E-state index in [9.17, 15) is 23.2 Å². The molecule has 0 aliphatic carbocycles. The van der Waals surface area contributed by atoms with Crippen molar-refractivity contribution in [2.75, 3.05) is 13.2 Å². The van der Waals surface area contributed by atoms with Gasteiger partial charge < -0.3 is 14.8 Å². The number of rotatable bonds is 4. The Morgan fingerprint density at radius 2 is 1.92 bits per heavy atom. The Hall–Kier alpha value is -2.27. The van der Waals surface area contributed by atoms with Crippen LogP contribution in [0.5, 0.6) is 5.75 Å². The second-order valence-electron chi connectivity index (χ2n) is 5.58. The lowest BCUT2D eigenvalue weighted by atomic mass is 9.91. The zero-order chi connectivity index (χ0) is 17.8. The summed E-state index contributed by atoms with van der Waals surface area (Å²) in [5, 5.41) is 12.0. The third-order valence-electron chi connectivity index (χ3n) is 3.79. The molecule has 1 saturated heterocycles. The van der Waals surface area contributed by atoms with Crippen LogP contribution in [0.2, 0.25) is 0 Å². The van der Waals surface area contributed by atoms with E-state index in [1.54, 1.807) is 0 Å². The summed E-state index contributed by atoms with van der Waals surface area (Å²) in [5.41, 5.74) is -1.79. The van der Waals surface area contributed by atoms with E-state index >= 15 is 0 Å². The second-order valence-corrected chi connectivity index (χ2v) is 5.58. The summed E-state index contributed by atoms with van der Waals surface area (Å²) in [6.07, 6.45) is -4.62. The highest BCUT2D eigenvalue weighted by atomic mass is 19.4. The third kappa shape index (κ3) is 4.38. The third-order valence-corrected chi connectivity index (χ3v) is 3.79. The first-order valence-corrected chi connectivity index (χ1v) is 7.41. The number of ether oxygens (including phenoxy) is 2. The Labute approximate surface area is 137 Å². The van der Waals surface area contributed by atoms with E-state index in [-0.39, 0.29) is 5.75 Å². The van der Waals surface area contributed by atoms with Gasteiger partial charge in [0.25, 0.3) is 5.91 Å². The number of carbonyl (C=O) groups excluding carboxylic acids is 1. The Morgan fingerprint density at radius 1 is 1.33 bits per heavy atom. The highest BCUT2D eigenvalue weighted by Gasteiger charge is 2.36. The van der Waals surface area contributed by atoms with Gasteiger partial charge in [0.2, 0.25) is 0 Å². The SMILES string of the molecule is C[C@H](Oc1ccc(C(F)(F)F)cc1)C(=O)NC1(C#N)CCOCC1. The van der Waals surface area contributed by atoms with Gasteiger partial charge in [-0.3, -0.25) is 4.79 Å². The van der Waals surface area contributed by atoms with E-state index in [0.29, 0.717) is 26.1 Å². The summed E-state index contributed by atoms with van der Waals surface area (Å²) < 4.78 is 48.1. The van der Waals surface area contributed by atoms with Crippen LogP contribution < -0.4 is 10.1 Å². The maximum atomic E-state index is 12.5. The van der Waals surface area contributed by atoms with E-state index in [2.05, 4.69) is 11.4 Å². The van der Waals surface area contributed by atoms with Gasteiger partial charge in [0.15, 0.2) is 6.10 Å². The fourth-order valence-corrected chi connectivity index (χ4v) is 2.30. The topological polar surface area (TPSA) is 71.3 Å². The monoisotopic (exact) mass is 342 g/mol. The van der Waals surface area contributed by atoms with Crippen LogP contribution in [0.1, 0.15) is 25.3 Å². The van der Waals surface area contributed by atoms with Crippen molar-refractivity contribution in [1.82, 2.24) is 5.32 Å². The molecule has 2 rings (SSSR count). The van der Waals surface area contributed by atoms with Crippen molar-refractivity contribution in [1.29, 1.82) is 5.26 Å². The van der Waals surface area contributed by atoms with Crippen molar-refractivity contribution in [2.24, 2.45) is 0 Å². The number of nitriles is 1. The van der Waals surface area contributed by atoms with Gasteiger partial charge in [-0.15, -0.1) is 0 Å². The zero-order valence-corrected chi connectivity index (χ0v) is 13.0. The Morgan fingerprint density at radius 3 is 2.42 bits per heavy atom. The molecule has 1 aliphatic rings. The van der Waals surface area contributed by atoms with Crippen LogP contribution in [-0.4, -0.2) is 30.8 Å². The molecular weight excluding hydrogens is 325 g/mol. The Balaban J connectivity index is 1.97. The molecule has 1 fully saturated rings. The number of carbonyl (C=O) groups is 1. The van der Waals surface area contributed by atoms with Crippen molar-refractivity contribution < 1.29 is 27.4 Å². The number of amides is 1. The van der Waals surface area contributed by atoms with Crippen LogP contribution in [0.3, 0.4) is 0 Å². The van der Waals surface area contributed by atoms with Gasteiger partial charge in [-0.2, -0.15) is 18.4 Å². The average Bonchev–Trinajstić information content (AvgIpc) is 2.55. The van der Waals surface area contributed by atoms with Gasteiger partial charge in [-0.25, -0.2) is 0 Å². The molecular formula is C16H17F3N2O3. The van der Waals surface area contributed by atoms with Crippen LogP contribution in [0, 0.1) is 11.3 Å². The molecule has 0 radical (unpaired) electrons. The lowest BCUT2D eigenvalue weighted by molar-refractivity contribution is -0.137. The van der Waals surface area contributed by atoms with Crippen molar-refractivity contribution in [3.05, 3.63) is 29.8 Å². The number of benzene rings is 1. The molecule has 0 spiro atoms. The number of hydrogen-bond donors (Lipinski definition) is 1. The largest absolute Gasteiger partial charge is 0.481 e. The maximum Gasteiger partial charge on any atom is 0.416 e. The molecule has 0 unspecified atom stereocenters. The number of alkyl halides is 3. The number of nitrogens with zero attached hydrogens (tertiary/aromatic N) is 1. The number of nitrogens with one attached hydrogen (secondary N) is 1. The molecule has 1 aromatic carbocycles. The Kier molecular flexibility index (Phi) is 5.34. The summed E-state index contributed by atoms with van der Waals surface area (Å²) in [5.74, 6) is -0.359. The molecule has 0 saturated carbocycles. The standard InChI is InChI=1S/C16H17F3N2O3/c1-11(14(22)21-15(10-20)6-8-23-9-7-15)24-13-4-2-12(3-5-13)16(17,18)19/h2-5,11H,6-9H2,1H3,(H,21,22)/t11-/m0/s1. The second kappa shape index (κ2) is 7.09. The van der Waals surface area contributed by atoms with Crippen LogP contribution in [0.25, 0.3) is 0 Å². The summed E-state index contributed by atoms with van der Waals surface area (Å²) in [7, 11) is 0. The van der Waals surface area contributed by atoms with Gasteiger partial charge in [-0.1, -0.05) is 0 Å². The number of hydrogen-bond acceptors (Lipinski definition) is 4. The van der Waals surface area contributed by atoms with Gasteiger partial charge >= 0.3 is 6.18 Å². The van der Waals surface area contributed by atoms with Crippen LogP contribution in [0.15, 0.2) is 24.3 Å². The van der Waals surface area contributed by atoms with Crippen LogP contribution in [-0.2, 0) is 15.7 Å². The van der Waals surface area contributed by atoms with Gasteiger partial charge in [0, 0.05) is 26.1 Å². The van der Waals surface area contributed by atoms with Crippen LogP contribution in [0.4, 0.5) is 13.2 Å². The minimum Gasteiger partial charge on any atom is -0.481 e. The van der Waals surface area contributed by atoms with E-state index in [4.69, 9.17) is 9.47 Å². The molecule has 1 aliphatic heterocycles. The van der Waals surface area contributed by atoms with E-state index in [1.807, 2.05) is 0 Å². The van der Waals surface area contributed by atoms with Crippen molar-refractivity contribution in [3.8, 4) is 11.8 Å². The first-order chi connectivity index (χ1) is 11.3. The predicted octanol–water partition coefficient (Wildman–Crippen LogP) is 2.66. The molecule has 0 aromatic heterocycles. The fourth-order valence-electron chi connectivity index (χ4n) is 2.30. The van der Waals surface area contributed by atoms with E-state index in [1.165, 1.54) is 6.92 Å². The normalized spacial score (nSPS) is 18.3.